The van der Waals surface area contributed by atoms with Crippen LogP contribution in [0.25, 0.3) is 5.65 Å². The van der Waals surface area contributed by atoms with Crippen LogP contribution in [-0.4, -0.2) is 15.4 Å². The van der Waals surface area contributed by atoms with Gasteiger partial charge in [-0.3, -0.25) is 9.20 Å². The molecule has 0 saturated heterocycles. The zero-order chi connectivity index (χ0) is 13.7. The summed E-state index contributed by atoms with van der Waals surface area (Å²) >= 11 is 0. The highest BCUT2D eigenvalue weighted by molar-refractivity contribution is 5.37. The molecule has 102 valence electrons. The number of pyridine rings is 1. The third-order valence-corrected chi connectivity index (χ3v) is 3.25. The van der Waals surface area contributed by atoms with Gasteiger partial charge in [0, 0.05) is 24.8 Å². The van der Waals surface area contributed by atoms with E-state index in [1.807, 2.05) is 18.2 Å². The first-order valence-corrected chi connectivity index (χ1v) is 6.91. The number of nitrogens with zero attached hydrogens (tertiary/aromatic N) is 2. The average Bonchev–Trinajstić information content (AvgIpc) is 2.43. The van der Waals surface area contributed by atoms with Gasteiger partial charge in [0.1, 0.15) is 5.65 Å². The highest BCUT2D eigenvalue weighted by atomic mass is 16.1. The van der Waals surface area contributed by atoms with Crippen molar-refractivity contribution in [3.63, 3.8) is 0 Å². The molecule has 0 spiro atoms. The van der Waals surface area contributed by atoms with E-state index < -0.39 is 0 Å². The van der Waals surface area contributed by atoms with Gasteiger partial charge >= 0.3 is 0 Å². The number of fused-ring (bicyclic) bond motifs is 1. The minimum absolute atomic E-state index is 0.0244. The van der Waals surface area contributed by atoms with Gasteiger partial charge in [-0.2, -0.15) is 0 Å². The summed E-state index contributed by atoms with van der Waals surface area (Å²) in [5.74, 6) is 0. The Hall–Kier alpha value is -1.68. The Labute approximate surface area is 113 Å². The Morgan fingerprint density at radius 3 is 3.05 bits per heavy atom. The van der Waals surface area contributed by atoms with Crippen LogP contribution in [0.5, 0.6) is 0 Å². The molecule has 0 aliphatic carbocycles. The highest BCUT2D eigenvalue weighted by Gasteiger charge is 2.04. The smallest absolute Gasteiger partial charge is 0.258 e. The highest BCUT2D eigenvalue weighted by Crippen LogP contribution is 2.02. The first-order chi connectivity index (χ1) is 9.20. The van der Waals surface area contributed by atoms with Gasteiger partial charge in [0.15, 0.2) is 0 Å². The van der Waals surface area contributed by atoms with Gasteiger partial charge in [0.2, 0.25) is 0 Å². The van der Waals surface area contributed by atoms with E-state index in [0.29, 0.717) is 18.2 Å². The summed E-state index contributed by atoms with van der Waals surface area (Å²) < 4.78 is 1.56. The molecule has 1 atom stereocenters. The van der Waals surface area contributed by atoms with Crippen LogP contribution in [0, 0.1) is 0 Å². The molecule has 0 aliphatic rings. The monoisotopic (exact) mass is 259 g/mol. The molecule has 0 amide bonds. The van der Waals surface area contributed by atoms with Crippen LogP contribution in [-0.2, 0) is 6.54 Å². The zero-order valence-electron chi connectivity index (χ0n) is 11.6. The Morgan fingerprint density at radius 2 is 2.26 bits per heavy atom. The first-order valence-electron chi connectivity index (χ1n) is 6.91. The predicted octanol–water partition coefficient (Wildman–Crippen LogP) is 2.36. The molecular weight excluding hydrogens is 238 g/mol. The van der Waals surface area contributed by atoms with E-state index in [4.69, 9.17) is 0 Å². The molecule has 2 aromatic rings. The van der Waals surface area contributed by atoms with Crippen LogP contribution >= 0.6 is 0 Å². The summed E-state index contributed by atoms with van der Waals surface area (Å²) in [6.07, 6.45) is 5.33. The maximum Gasteiger partial charge on any atom is 0.258 e. The van der Waals surface area contributed by atoms with Crippen LogP contribution < -0.4 is 10.9 Å². The molecule has 0 aromatic carbocycles. The molecule has 0 fully saturated rings. The van der Waals surface area contributed by atoms with E-state index in [2.05, 4.69) is 24.1 Å². The van der Waals surface area contributed by atoms with Gasteiger partial charge in [0.05, 0.1) is 5.69 Å². The lowest BCUT2D eigenvalue weighted by Gasteiger charge is -2.13. The Kier molecular flexibility index (Phi) is 4.68. The Bertz CT molecular complexity index is 591. The number of hydrogen-bond donors (Lipinski definition) is 1. The third kappa shape index (κ3) is 3.64. The van der Waals surface area contributed by atoms with E-state index >= 15 is 0 Å². The van der Waals surface area contributed by atoms with Crippen molar-refractivity contribution in [1.29, 1.82) is 0 Å². The largest absolute Gasteiger partial charge is 0.309 e. The molecule has 4 heteroatoms. The molecule has 0 aliphatic heterocycles. The second kappa shape index (κ2) is 6.48. The molecule has 2 heterocycles. The van der Waals surface area contributed by atoms with Crippen molar-refractivity contribution in [2.75, 3.05) is 0 Å². The van der Waals surface area contributed by atoms with Crippen LogP contribution in [0.3, 0.4) is 0 Å². The van der Waals surface area contributed by atoms with Gasteiger partial charge in [-0.25, -0.2) is 4.98 Å². The quantitative estimate of drug-likeness (QED) is 0.866. The molecule has 2 rings (SSSR count). The molecular formula is C15H21N3O. The minimum atomic E-state index is -0.0244. The fraction of sp³-hybridized carbons (Fsp3) is 0.467. The van der Waals surface area contributed by atoms with Crippen molar-refractivity contribution in [3.05, 3.63) is 46.5 Å². The number of rotatable bonds is 6. The maximum absolute atomic E-state index is 11.9. The van der Waals surface area contributed by atoms with Gasteiger partial charge in [-0.1, -0.05) is 25.8 Å². The van der Waals surface area contributed by atoms with Gasteiger partial charge in [-0.15, -0.1) is 0 Å². The van der Waals surface area contributed by atoms with Crippen LogP contribution in [0.15, 0.2) is 35.3 Å². The van der Waals surface area contributed by atoms with Gasteiger partial charge in [0.25, 0.3) is 5.56 Å². The molecule has 0 bridgehead atoms. The molecule has 1 N–H and O–H groups in total. The van der Waals surface area contributed by atoms with Crippen LogP contribution in [0.1, 0.15) is 38.8 Å². The summed E-state index contributed by atoms with van der Waals surface area (Å²) in [6, 6.07) is 7.64. The van der Waals surface area contributed by atoms with Crippen molar-refractivity contribution < 1.29 is 0 Å². The lowest BCUT2D eigenvalue weighted by atomic mass is 10.1. The number of aromatic nitrogens is 2. The summed E-state index contributed by atoms with van der Waals surface area (Å²) in [6.45, 7) is 5.01. The Morgan fingerprint density at radius 1 is 1.42 bits per heavy atom. The zero-order valence-corrected chi connectivity index (χ0v) is 11.6. The number of hydrogen-bond acceptors (Lipinski definition) is 3. The van der Waals surface area contributed by atoms with Crippen LogP contribution in [0.4, 0.5) is 0 Å². The average molecular weight is 259 g/mol. The standard InChI is InChI=1S/C15H21N3O/c1-3-4-7-12(2)16-11-13-10-15(19)18-9-6-5-8-14(18)17-13/h5-6,8-10,12,16H,3-4,7,11H2,1-2H3. The van der Waals surface area contributed by atoms with E-state index in [0.717, 1.165) is 12.1 Å². The predicted molar refractivity (Wildman–Crippen MR) is 77.3 cm³/mol. The van der Waals surface area contributed by atoms with Crippen molar-refractivity contribution in [2.45, 2.75) is 45.7 Å². The fourth-order valence-corrected chi connectivity index (χ4v) is 2.08. The lowest BCUT2D eigenvalue weighted by molar-refractivity contribution is 0.491. The van der Waals surface area contributed by atoms with Crippen LogP contribution in [0.2, 0.25) is 0 Å². The maximum atomic E-state index is 11.9. The van der Waals surface area contributed by atoms with Crippen molar-refractivity contribution in [1.82, 2.24) is 14.7 Å². The summed E-state index contributed by atoms with van der Waals surface area (Å²) in [5, 5.41) is 3.41. The first kappa shape index (κ1) is 13.7. The summed E-state index contributed by atoms with van der Waals surface area (Å²) in [5.41, 5.74) is 1.48. The second-order valence-corrected chi connectivity index (χ2v) is 4.94. The third-order valence-electron chi connectivity index (χ3n) is 3.25. The molecule has 2 aromatic heterocycles. The van der Waals surface area contributed by atoms with Gasteiger partial charge in [-0.05, 0) is 25.5 Å². The van der Waals surface area contributed by atoms with E-state index in [1.165, 1.54) is 12.8 Å². The van der Waals surface area contributed by atoms with E-state index in [9.17, 15) is 4.79 Å². The molecule has 1 unspecified atom stereocenters. The second-order valence-electron chi connectivity index (χ2n) is 4.94. The molecule has 19 heavy (non-hydrogen) atoms. The molecule has 0 radical (unpaired) electrons. The van der Waals surface area contributed by atoms with Crippen molar-refractivity contribution in [3.8, 4) is 0 Å². The molecule has 0 saturated carbocycles. The fourth-order valence-electron chi connectivity index (χ4n) is 2.08. The SMILES string of the molecule is CCCCC(C)NCc1cc(=O)n2ccccc2n1. The summed E-state index contributed by atoms with van der Waals surface area (Å²) in [7, 11) is 0. The van der Waals surface area contributed by atoms with Crippen molar-refractivity contribution in [2.24, 2.45) is 0 Å². The van der Waals surface area contributed by atoms with E-state index in [-0.39, 0.29) is 5.56 Å². The normalized spacial score (nSPS) is 12.7. The minimum Gasteiger partial charge on any atom is -0.309 e. The lowest BCUT2D eigenvalue weighted by Crippen LogP contribution is -2.27. The van der Waals surface area contributed by atoms with Crippen molar-refractivity contribution >= 4 is 5.65 Å². The number of nitrogens with one attached hydrogen (secondary N) is 1. The van der Waals surface area contributed by atoms with Gasteiger partial charge < -0.3 is 5.32 Å². The Balaban J connectivity index is 2.07. The van der Waals surface area contributed by atoms with E-state index in [1.54, 1.807) is 16.7 Å². The number of unbranched alkanes of at least 4 members (excludes halogenated alkanes) is 1. The summed E-state index contributed by atoms with van der Waals surface area (Å²) in [4.78, 5) is 16.4. The topological polar surface area (TPSA) is 46.4 Å². The molecule has 4 nitrogen and oxygen atoms in total.